The van der Waals surface area contributed by atoms with Gasteiger partial charge in [0.05, 0.1) is 16.1 Å². The highest BCUT2D eigenvalue weighted by atomic mass is 32.1. The number of hydrogen-bond acceptors (Lipinski definition) is 7. The summed E-state index contributed by atoms with van der Waals surface area (Å²) < 4.78 is 5.70. The van der Waals surface area contributed by atoms with E-state index < -0.39 is 5.97 Å². The Morgan fingerprint density at radius 1 is 1.10 bits per heavy atom. The van der Waals surface area contributed by atoms with Crippen molar-refractivity contribution in [2.24, 2.45) is 0 Å². The minimum atomic E-state index is -0.964. The summed E-state index contributed by atoms with van der Waals surface area (Å²) in [5.41, 5.74) is 2.15. The topological polar surface area (TPSA) is 97.2 Å². The summed E-state index contributed by atoms with van der Waals surface area (Å²) in [6.45, 7) is 2.31. The van der Waals surface area contributed by atoms with Crippen LogP contribution in [0.5, 0.6) is 5.75 Å². The van der Waals surface area contributed by atoms with E-state index in [-0.39, 0.29) is 5.56 Å². The first-order valence-electron chi connectivity index (χ1n) is 9.15. The molecule has 0 spiro atoms. The Hall–Kier alpha value is -3.78. The largest absolute Gasteiger partial charge is 0.486 e. The molecule has 0 aliphatic heterocycles. The van der Waals surface area contributed by atoms with Gasteiger partial charge in [-0.25, -0.2) is 19.7 Å². The highest BCUT2D eigenvalue weighted by molar-refractivity contribution is 7.15. The summed E-state index contributed by atoms with van der Waals surface area (Å²) in [6.07, 6.45) is 3.53. The lowest BCUT2D eigenvalue weighted by Gasteiger charge is -2.06. The van der Waals surface area contributed by atoms with Crippen LogP contribution in [-0.2, 0) is 6.61 Å². The van der Waals surface area contributed by atoms with E-state index in [2.05, 4.69) is 20.3 Å². The smallest absolute Gasteiger partial charge is 0.335 e. The maximum absolute atomic E-state index is 10.9. The minimum absolute atomic E-state index is 0.222. The van der Waals surface area contributed by atoms with Crippen molar-refractivity contribution in [2.75, 3.05) is 5.32 Å². The van der Waals surface area contributed by atoms with Crippen molar-refractivity contribution in [3.63, 3.8) is 0 Å². The number of carboxylic acids is 1. The number of carboxylic acid groups (broad SMARTS) is 1. The van der Waals surface area contributed by atoms with Crippen LogP contribution in [-0.4, -0.2) is 26.0 Å². The minimum Gasteiger partial charge on any atom is -0.486 e. The molecule has 0 aliphatic rings. The van der Waals surface area contributed by atoms with E-state index in [1.54, 1.807) is 24.5 Å². The number of pyridine rings is 2. The van der Waals surface area contributed by atoms with Gasteiger partial charge in [0.25, 0.3) is 0 Å². The number of anilines is 2. The number of carbonyl (C=O) groups is 1. The molecule has 0 unspecified atom stereocenters. The molecule has 4 aromatic rings. The number of ether oxygens (including phenoxy) is 1. The average Bonchev–Trinajstić information content (AvgIpc) is 3.22. The molecule has 0 fully saturated rings. The fourth-order valence-corrected chi connectivity index (χ4v) is 3.51. The van der Waals surface area contributed by atoms with Crippen molar-refractivity contribution in [3.8, 4) is 16.3 Å². The van der Waals surface area contributed by atoms with E-state index >= 15 is 0 Å². The van der Waals surface area contributed by atoms with Crippen molar-refractivity contribution in [1.29, 1.82) is 0 Å². The van der Waals surface area contributed by atoms with Gasteiger partial charge >= 0.3 is 5.97 Å². The predicted molar refractivity (Wildman–Crippen MR) is 115 cm³/mol. The van der Waals surface area contributed by atoms with Crippen LogP contribution in [0.25, 0.3) is 10.6 Å². The van der Waals surface area contributed by atoms with Crippen molar-refractivity contribution in [3.05, 3.63) is 83.1 Å². The van der Waals surface area contributed by atoms with E-state index in [0.717, 1.165) is 27.0 Å². The normalized spacial score (nSPS) is 10.6. The van der Waals surface area contributed by atoms with Crippen molar-refractivity contribution in [2.45, 2.75) is 13.5 Å². The first kappa shape index (κ1) is 19.5. The zero-order valence-corrected chi connectivity index (χ0v) is 16.9. The molecular weight excluding hydrogens is 400 g/mol. The summed E-state index contributed by atoms with van der Waals surface area (Å²) in [7, 11) is 0. The number of aromatic carboxylic acids is 1. The molecule has 1 aromatic carbocycles. The molecule has 7 nitrogen and oxygen atoms in total. The molecule has 0 radical (unpaired) electrons. The number of aryl methyl sites for hydroxylation is 1. The molecule has 0 saturated carbocycles. The molecule has 3 aromatic heterocycles. The second-order valence-corrected chi connectivity index (χ2v) is 7.60. The molecule has 4 rings (SSSR count). The standard InChI is InChI=1S/C22H18N4O3S/c1-14-9-10-23-20(11-14)26-19-4-2-3-17(25-19)18-12-24-21(30-18)13-29-16-7-5-15(6-8-16)22(27)28/h2-12H,13H2,1H3,(H,27,28)(H,23,25,26). The number of rotatable bonds is 7. The third-order valence-electron chi connectivity index (χ3n) is 4.19. The lowest BCUT2D eigenvalue weighted by atomic mass is 10.2. The van der Waals surface area contributed by atoms with Crippen LogP contribution in [0, 0.1) is 6.92 Å². The zero-order valence-electron chi connectivity index (χ0n) is 16.1. The second-order valence-electron chi connectivity index (χ2n) is 6.49. The van der Waals surface area contributed by atoms with Gasteiger partial charge in [0.2, 0.25) is 0 Å². The van der Waals surface area contributed by atoms with Crippen LogP contribution < -0.4 is 10.1 Å². The number of aromatic nitrogens is 3. The lowest BCUT2D eigenvalue weighted by molar-refractivity contribution is 0.0697. The molecule has 0 amide bonds. The molecule has 150 valence electrons. The van der Waals surface area contributed by atoms with Crippen LogP contribution in [0.1, 0.15) is 20.9 Å². The fraction of sp³-hybridized carbons (Fsp3) is 0.0909. The number of nitrogens with one attached hydrogen (secondary N) is 1. The van der Waals surface area contributed by atoms with Crippen molar-refractivity contribution in [1.82, 2.24) is 15.0 Å². The first-order valence-corrected chi connectivity index (χ1v) is 9.96. The molecule has 3 heterocycles. The molecule has 2 N–H and O–H groups in total. The van der Waals surface area contributed by atoms with Gasteiger partial charge in [0, 0.05) is 12.4 Å². The highest BCUT2D eigenvalue weighted by Gasteiger charge is 2.09. The number of nitrogens with zero attached hydrogens (tertiary/aromatic N) is 3. The van der Waals surface area contributed by atoms with Crippen LogP contribution in [0.3, 0.4) is 0 Å². The van der Waals surface area contributed by atoms with Crippen LogP contribution in [0.15, 0.2) is 67.0 Å². The second kappa shape index (κ2) is 8.71. The first-order chi connectivity index (χ1) is 14.6. The fourth-order valence-electron chi connectivity index (χ4n) is 2.71. The van der Waals surface area contributed by atoms with Gasteiger partial charge in [-0.3, -0.25) is 0 Å². The summed E-state index contributed by atoms with van der Waals surface area (Å²) in [5.74, 6) is 1.07. The average molecular weight is 418 g/mol. The van der Waals surface area contributed by atoms with Gasteiger partial charge in [0.15, 0.2) is 0 Å². The van der Waals surface area contributed by atoms with Gasteiger partial charge < -0.3 is 15.2 Å². The number of benzene rings is 1. The Balaban J connectivity index is 1.42. The maximum atomic E-state index is 10.9. The van der Waals surface area contributed by atoms with Gasteiger partial charge in [-0.1, -0.05) is 6.07 Å². The summed E-state index contributed by atoms with van der Waals surface area (Å²) in [4.78, 5) is 25.2. The molecule has 0 saturated heterocycles. The molecule has 8 heteroatoms. The Kier molecular flexibility index (Phi) is 5.67. The number of thiazole rings is 1. The van der Waals surface area contributed by atoms with Crippen molar-refractivity contribution >= 4 is 28.9 Å². The van der Waals surface area contributed by atoms with Gasteiger partial charge in [-0.2, -0.15) is 0 Å². The predicted octanol–water partition coefficient (Wildman–Crippen LogP) is 4.93. The van der Waals surface area contributed by atoms with Gasteiger partial charge in [-0.05, 0) is 61.0 Å². The molecule has 0 atom stereocenters. The van der Waals surface area contributed by atoms with Crippen LogP contribution in [0.2, 0.25) is 0 Å². The monoisotopic (exact) mass is 418 g/mol. The van der Waals surface area contributed by atoms with E-state index in [9.17, 15) is 4.79 Å². The Labute approximate surface area is 177 Å². The summed E-state index contributed by atoms with van der Waals surface area (Å²) in [6, 6.07) is 15.9. The lowest BCUT2D eigenvalue weighted by Crippen LogP contribution is -1.97. The Morgan fingerprint density at radius 2 is 1.93 bits per heavy atom. The molecular formula is C22H18N4O3S. The molecule has 0 aliphatic carbocycles. The molecule has 0 bridgehead atoms. The third kappa shape index (κ3) is 4.79. The van der Waals surface area contributed by atoms with E-state index in [1.165, 1.54) is 23.5 Å². The third-order valence-corrected chi connectivity index (χ3v) is 5.18. The maximum Gasteiger partial charge on any atom is 0.335 e. The van der Waals surface area contributed by atoms with Gasteiger partial charge in [0.1, 0.15) is 29.0 Å². The zero-order chi connectivity index (χ0) is 20.9. The van der Waals surface area contributed by atoms with Crippen LogP contribution in [0.4, 0.5) is 11.6 Å². The molecule has 30 heavy (non-hydrogen) atoms. The van der Waals surface area contributed by atoms with Crippen LogP contribution >= 0.6 is 11.3 Å². The Bertz CT molecular complexity index is 1170. The highest BCUT2D eigenvalue weighted by Crippen LogP contribution is 2.27. The van der Waals surface area contributed by atoms with Gasteiger partial charge in [-0.15, -0.1) is 11.3 Å². The number of hydrogen-bond donors (Lipinski definition) is 2. The quantitative estimate of drug-likeness (QED) is 0.439. The SMILES string of the molecule is Cc1ccnc(Nc2cccc(-c3cnc(COc4ccc(C(=O)O)cc4)s3)n2)c1. The summed E-state index contributed by atoms with van der Waals surface area (Å²) in [5, 5.41) is 13.0. The van der Waals surface area contributed by atoms with E-state index in [0.29, 0.717) is 18.2 Å². The summed E-state index contributed by atoms with van der Waals surface area (Å²) >= 11 is 1.49. The van der Waals surface area contributed by atoms with Crippen molar-refractivity contribution < 1.29 is 14.6 Å². The van der Waals surface area contributed by atoms with E-state index in [4.69, 9.17) is 9.84 Å². The van der Waals surface area contributed by atoms with E-state index in [1.807, 2.05) is 37.3 Å². The Morgan fingerprint density at radius 3 is 2.70 bits per heavy atom.